The molecule has 0 aromatic carbocycles. The maximum Gasteiger partial charge on any atom is 0.158 e. The van der Waals surface area contributed by atoms with E-state index < -0.39 is 0 Å². The van der Waals surface area contributed by atoms with Crippen LogP contribution in [0.4, 0.5) is 0 Å². The van der Waals surface area contributed by atoms with Gasteiger partial charge in [0.15, 0.2) is 6.29 Å². The molecule has 0 aromatic heterocycles. The normalized spacial score (nSPS) is 20.5. The molecule has 1 aliphatic heterocycles. The summed E-state index contributed by atoms with van der Waals surface area (Å²) in [5.41, 5.74) is 0. The lowest BCUT2D eigenvalue weighted by Gasteiger charge is -2.14. The van der Waals surface area contributed by atoms with Crippen LogP contribution < -0.4 is 0 Å². The Labute approximate surface area is 79.4 Å². The Balaban J connectivity index is 2.09. The third kappa shape index (κ3) is 4.39. The third-order valence-electron chi connectivity index (χ3n) is 2.27. The molecule has 0 aliphatic carbocycles. The molecular formula is C10H18O3. The van der Waals surface area contributed by atoms with E-state index in [-0.39, 0.29) is 12.1 Å². The second-order valence-electron chi connectivity index (χ2n) is 3.75. The average molecular weight is 186 g/mol. The molecule has 0 aromatic rings. The van der Waals surface area contributed by atoms with Crippen LogP contribution in [0.15, 0.2) is 0 Å². The molecule has 1 rings (SSSR count). The van der Waals surface area contributed by atoms with Crippen molar-refractivity contribution in [1.29, 1.82) is 0 Å². The molecule has 0 radical (unpaired) electrons. The first kappa shape index (κ1) is 10.7. The topological polar surface area (TPSA) is 35.5 Å². The summed E-state index contributed by atoms with van der Waals surface area (Å²) >= 11 is 0. The van der Waals surface area contributed by atoms with Crippen LogP contribution in [0.2, 0.25) is 0 Å². The number of rotatable bonds is 5. The van der Waals surface area contributed by atoms with Gasteiger partial charge < -0.3 is 14.3 Å². The van der Waals surface area contributed by atoms with E-state index in [9.17, 15) is 4.79 Å². The minimum atomic E-state index is -0.0260. The van der Waals surface area contributed by atoms with Crippen molar-refractivity contribution in [3.05, 3.63) is 0 Å². The van der Waals surface area contributed by atoms with Crippen molar-refractivity contribution in [3.8, 4) is 0 Å². The minimum absolute atomic E-state index is 0.0260. The van der Waals surface area contributed by atoms with Crippen LogP contribution >= 0.6 is 0 Å². The Morgan fingerprint density at radius 2 is 2.08 bits per heavy atom. The summed E-state index contributed by atoms with van der Waals surface area (Å²) in [5, 5.41) is 0. The highest BCUT2D eigenvalue weighted by Crippen LogP contribution is 2.18. The molecule has 0 spiro atoms. The van der Waals surface area contributed by atoms with Crippen LogP contribution in [-0.2, 0) is 14.3 Å². The molecule has 1 aliphatic rings. The Morgan fingerprint density at radius 1 is 1.46 bits per heavy atom. The zero-order valence-corrected chi connectivity index (χ0v) is 8.41. The third-order valence-corrected chi connectivity index (χ3v) is 2.27. The van der Waals surface area contributed by atoms with Crippen molar-refractivity contribution < 1.29 is 14.3 Å². The van der Waals surface area contributed by atoms with E-state index in [0.717, 1.165) is 12.8 Å². The van der Waals surface area contributed by atoms with E-state index in [1.807, 2.05) is 0 Å². The Bertz CT molecular complexity index is 162. The molecule has 13 heavy (non-hydrogen) atoms. The summed E-state index contributed by atoms with van der Waals surface area (Å²) in [6, 6.07) is 0. The largest absolute Gasteiger partial charge is 0.350 e. The zero-order chi connectivity index (χ0) is 9.68. The predicted octanol–water partition coefficient (Wildman–Crippen LogP) is 1.75. The molecule has 1 atom stereocenters. The van der Waals surface area contributed by atoms with E-state index in [2.05, 4.69) is 6.92 Å². The fraction of sp³-hybridized carbons (Fsp3) is 0.900. The van der Waals surface area contributed by atoms with Gasteiger partial charge in [-0.15, -0.1) is 0 Å². The van der Waals surface area contributed by atoms with Gasteiger partial charge in [0.1, 0.15) is 5.78 Å². The van der Waals surface area contributed by atoms with Gasteiger partial charge in [0.05, 0.1) is 13.2 Å². The molecule has 0 bridgehead atoms. The van der Waals surface area contributed by atoms with Gasteiger partial charge in [-0.25, -0.2) is 0 Å². The number of ketones is 1. The molecule has 0 amide bonds. The quantitative estimate of drug-likeness (QED) is 0.656. The summed E-state index contributed by atoms with van der Waals surface area (Å²) in [6.45, 7) is 5.19. The van der Waals surface area contributed by atoms with Crippen LogP contribution in [0.25, 0.3) is 0 Å². The van der Waals surface area contributed by atoms with Crippen molar-refractivity contribution >= 4 is 5.78 Å². The van der Waals surface area contributed by atoms with Gasteiger partial charge in [-0.3, -0.25) is 0 Å². The van der Waals surface area contributed by atoms with E-state index in [1.165, 1.54) is 0 Å². The van der Waals surface area contributed by atoms with Gasteiger partial charge in [0.25, 0.3) is 0 Å². The number of hydrogen-bond donors (Lipinski definition) is 0. The first-order chi connectivity index (χ1) is 6.18. The lowest BCUT2D eigenvalue weighted by molar-refractivity contribution is -0.117. The van der Waals surface area contributed by atoms with Gasteiger partial charge in [-0.2, -0.15) is 0 Å². The molecule has 1 fully saturated rings. The first-order valence-corrected chi connectivity index (χ1v) is 4.91. The Hall–Kier alpha value is -0.410. The smallest absolute Gasteiger partial charge is 0.158 e. The van der Waals surface area contributed by atoms with Gasteiger partial charge in [-0.1, -0.05) is 6.92 Å². The van der Waals surface area contributed by atoms with Crippen molar-refractivity contribution in [2.45, 2.75) is 39.4 Å². The highest BCUT2D eigenvalue weighted by molar-refractivity contribution is 5.75. The second kappa shape index (κ2) is 5.35. The number of carbonyl (C=O) groups is 1. The SMILES string of the molecule is CC(=O)CCC(C)CC1OCCO1. The molecular weight excluding hydrogens is 168 g/mol. The summed E-state index contributed by atoms with van der Waals surface area (Å²) in [5.74, 6) is 0.770. The van der Waals surface area contributed by atoms with E-state index in [4.69, 9.17) is 9.47 Å². The lowest BCUT2D eigenvalue weighted by Crippen LogP contribution is -2.13. The average Bonchev–Trinajstić information content (AvgIpc) is 2.53. The minimum Gasteiger partial charge on any atom is -0.350 e. The molecule has 1 heterocycles. The van der Waals surface area contributed by atoms with Crippen LogP contribution in [0.3, 0.4) is 0 Å². The van der Waals surface area contributed by atoms with E-state index >= 15 is 0 Å². The second-order valence-corrected chi connectivity index (χ2v) is 3.75. The molecule has 1 unspecified atom stereocenters. The highest BCUT2D eigenvalue weighted by Gasteiger charge is 2.18. The number of carbonyl (C=O) groups excluding carboxylic acids is 1. The Morgan fingerprint density at radius 3 is 2.62 bits per heavy atom. The van der Waals surface area contributed by atoms with Crippen molar-refractivity contribution in [1.82, 2.24) is 0 Å². The first-order valence-electron chi connectivity index (χ1n) is 4.91. The summed E-state index contributed by atoms with van der Waals surface area (Å²) in [4.78, 5) is 10.7. The standard InChI is InChI=1S/C10H18O3/c1-8(3-4-9(2)11)7-10-12-5-6-13-10/h8,10H,3-7H2,1-2H3. The van der Waals surface area contributed by atoms with Crippen LogP contribution in [0, 0.1) is 5.92 Å². The fourth-order valence-electron chi connectivity index (χ4n) is 1.44. The number of Topliss-reactive ketones (excluding diaryl/α,β-unsaturated/α-hetero) is 1. The molecule has 0 N–H and O–H groups in total. The van der Waals surface area contributed by atoms with Crippen LogP contribution in [0.5, 0.6) is 0 Å². The summed E-state index contributed by atoms with van der Waals surface area (Å²) in [7, 11) is 0. The maximum absolute atomic E-state index is 10.7. The van der Waals surface area contributed by atoms with Crippen LogP contribution in [0.1, 0.15) is 33.1 Å². The molecule has 3 nitrogen and oxygen atoms in total. The molecule has 3 heteroatoms. The van der Waals surface area contributed by atoms with Crippen LogP contribution in [-0.4, -0.2) is 25.3 Å². The highest BCUT2D eigenvalue weighted by atomic mass is 16.7. The molecule has 0 saturated carbocycles. The maximum atomic E-state index is 10.7. The van der Waals surface area contributed by atoms with Crippen molar-refractivity contribution in [3.63, 3.8) is 0 Å². The predicted molar refractivity (Wildman–Crippen MR) is 49.4 cm³/mol. The van der Waals surface area contributed by atoms with Gasteiger partial charge >= 0.3 is 0 Å². The fourth-order valence-corrected chi connectivity index (χ4v) is 1.44. The van der Waals surface area contributed by atoms with Crippen molar-refractivity contribution in [2.75, 3.05) is 13.2 Å². The Kier molecular flexibility index (Phi) is 4.39. The van der Waals surface area contributed by atoms with Gasteiger partial charge in [0.2, 0.25) is 0 Å². The molecule has 1 saturated heterocycles. The van der Waals surface area contributed by atoms with E-state index in [1.54, 1.807) is 6.92 Å². The zero-order valence-electron chi connectivity index (χ0n) is 8.41. The van der Waals surface area contributed by atoms with Crippen molar-refractivity contribution in [2.24, 2.45) is 5.92 Å². The molecule has 76 valence electrons. The van der Waals surface area contributed by atoms with E-state index in [0.29, 0.717) is 25.6 Å². The summed E-state index contributed by atoms with van der Waals surface area (Å²) in [6.07, 6.45) is 2.50. The number of hydrogen-bond acceptors (Lipinski definition) is 3. The lowest BCUT2D eigenvalue weighted by atomic mass is 10.0. The summed E-state index contributed by atoms with van der Waals surface area (Å²) < 4.78 is 10.6. The van der Waals surface area contributed by atoms with Gasteiger partial charge in [-0.05, 0) is 19.3 Å². The monoisotopic (exact) mass is 186 g/mol. The van der Waals surface area contributed by atoms with Gasteiger partial charge in [0, 0.05) is 12.8 Å². The number of ether oxygens (including phenoxy) is 2.